The normalized spacial score (nSPS) is 17.2. The molecule has 24 heavy (non-hydrogen) atoms. The quantitative estimate of drug-likeness (QED) is 0.861. The molecule has 1 aliphatic heterocycles. The molecule has 1 atom stereocenters. The number of hydrogen-bond donors (Lipinski definition) is 1. The second-order valence-electron chi connectivity index (χ2n) is 5.76. The van der Waals surface area contributed by atoms with Crippen molar-refractivity contribution in [1.82, 2.24) is 14.8 Å². The van der Waals surface area contributed by atoms with Crippen LogP contribution >= 0.6 is 11.8 Å². The van der Waals surface area contributed by atoms with Crippen LogP contribution in [-0.4, -0.2) is 38.4 Å². The number of hydrogen-bond acceptors (Lipinski definition) is 5. The van der Waals surface area contributed by atoms with E-state index in [-0.39, 0.29) is 30.0 Å². The molecule has 1 aromatic carbocycles. The molecule has 0 fully saturated rings. The van der Waals surface area contributed by atoms with Crippen molar-refractivity contribution in [1.29, 1.82) is 0 Å². The Labute approximate surface area is 144 Å². The molecule has 1 aliphatic rings. The maximum atomic E-state index is 12.8. The minimum atomic E-state index is -0.206. The first-order chi connectivity index (χ1) is 11.5. The van der Waals surface area contributed by atoms with Crippen LogP contribution in [-0.2, 0) is 16.6 Å². The number of nitrogens with one attached hydrogen (secondary N) is 1. The van der Waals surface area contributed by atoms with Crippen LogP contribution < -0.4 is 10.2 Å². The summed E-state index contributed by atoms with van der Waals surface area (Å²) in [7, 11) is 1.87. The molecule has 1 N–H and O–H groups in total. The summed E-state index contributed by atoms with van der Waals surface area (Å²) in [5, 5.41) is 11.6. The van der Waals surface area contributed by atoms with Gasteiger partial charge in [0, 0.05) is 19.5 Å². The smallest absolute Gasteiger partial charge is 0.237 e. The van der Waals surface area contributed by atoms with Crippen molar-refractivity contribution in [2.24, 2.45) is 7.05 Å². The van der Waals surface area contributed by atoms with Gasteiger partial charge in [0.15, 0.2) is 5.16 Å². The van der Waals surface area contributed by atoms with Crippen molar-refractivity contribution in [2.75, 3.05) is 16.0 Å². The van der Waals surface area contributed by atoms with Gasteiger partial charge >= 0.3 is 0 Å². The van der Waals surface area contributed by atoms with Gasteiger partial charge in [0.1, 0.15) is 5.82 Å². The van der Waals surface area contributed by atoms with Crippen LogP contribution in [0.1, 0.15) is 19.2 Å². The number of rotatable bonds is 3. The lowest BCUT2D eigenvalue weighted by molar-refractivity contribution is -0.117. The Morgan fingerprint density at radius 3 is 2.83 bits per heavy atom. The van der Waals surface area contributed by atoms with Crippen LogP contribution in [0.5, 0.6) is 0 Å². The third-order valence-corrected chi connectivity index (χ3v) is 5.01. The van der Waals surface area contributed by atoms with Crippen LogP contribution in [0.4, 0.5) is 11.4 Å². The molecule has 1 unspecified atom stereocenters. The number of para-hydroxylation sites is 2. The first-order valence-electron chi connectivity index (χ1n) is 7.67. The number of benzene rings is 1. The second kappa shape index (κ2) is 6.64. The molecule has 7 nitrogen and oxygen atoms in total. The molecular formula is C16H19N5O2S. The maximum Gasteiger partial charge on any atom is 0.237 e. The first-order valence-corrected chi connectivity index (χ1v) is 8.65. The van der Waals surface area contributed by atoms with Crippen LogP contribution in [0.25, 0.3) is 0 Å². The molecule has 0 saturated carbocycles. The Hall–Kier alpha value is -2.35. The molecule has 1 aromatic heterocycles. The van der Waals surface area contributed by atoms with Crippen molar-refractivity contribution in [3.8, 4) is 0 Å². The van der Waals surface area contributed by atoms with Gasteiger partial charge < -0.3 is 14.8 Å². The summed E-state index contributed by atoms with van der Waals surface area (Å²) in [5.74, 6) is 0.894. The third kappa shape index (κ3) is 3.14. The fourth-order valence-corrected chi connectivity index (χ4v) is 3.49. The van der Waals surface area contributed by atoms with Gasteiger partial charge in [0.25, 0.3) is 0 Å². The van der Waals surface area contributed by atoms with Gasteiger partial charge in [-0.15, -0.1) is 10.2 Å². The summed E-state index contributed by atoms with van der Waals surface area (Å²) in [6.07, 6.45) is 0.272. The number of carbonyl (C=O) groups is 2. The van der Waals surface area contributed by atoms with E-state index in [1.165, 1.54) is 11.8 Å². The standard InChI is InChI=1S/C16H19N5O2S/c1-10-8-14(22)17-12-6-4-5-7-13(12)21(10)15(23)9-24-16-19-18-11(2)20(16)3/h4-7,10H,8-9H2,1-3H3,(H,17,22). The maximum absolute atomic E-state index is 12.8. The van der Waals surface area contributed by atoms with Gasteiger partial charge in [-0.25, -0.2) is 0 Å². The first kappa shape index (κ1) is 16.5. The van der Waals surface area contributed by atoms with E-state index >= 15 is 0 Å². The topological polar surface area (TPSA) is 80.1 Å². The number of aryl methyl sites for hydroxylation is 1. The highest BCUT2D eigenvalue weighted by atomic mass is 32.2. The van der Waals surface area contributed by atoms with Gasteiger partial charge in [0.05, 0.1) is 17.1 Å². The zero-order valence-electron chi connectivity index (χ0n) is 13.8. The average molecular weight is 345 g/mol. The summed E-state index contributed by atoms with van der Waals surface area (Å²) in [5.41, 5.74) is 1.40. The number of anilines is 2. The van der Waals surface area contributed by atoms with Crippen LogP contribution in [0.3, 0.4) is 0 Å². The number of amides is 2. The number of fused-ring (bicyclic) bond motifs is 1. The number of aromatic nitrogens is 3. The molecule has 2 heterocycles. The molecule has 0 saturated heterocycles. The van der Waals surface area contributed by atoms with Gasteiger partial charge in [-0.3, -0.25) is 9.59 Å². The predicted octanol–water partition coefficient (Wildman–Crippen LogP) is 1.98. The molecule has 0 radical (unpaired) electrons. The van der Waals surface area contributed by atoms with E-state index in [1.54, 1.807) is 4.90 Å². The third-order valence-electron chi connectivity index (χ3n) is 4.01. The molecule has 2 amide bonds. The van der Waals surface area contributed by atoms with Gasteiger partial charge in [0.2, 0.25) is 11.8 Å². The molecule has 0 spiro atoms. The lowest BCUT2D eigenvalue weighted by Crippen LogP contribution is -2.40. The largest absolute Gasteiger partial charge is 0.324 e. The Morgan fingerprint density at radius 2 is 2.12 bits per heavy atom. The van der Waals surface area contributed by atoms with Crippen molar-refractivity contribution in [3.05, 3.63) is 30.1 Å². The molecule has 0 bridgehead atoms. The van der Waals surface area contributed by atoms with Gasteiger partial charge in [-0.1, -0.05) is 23.9 Å². The Kier molecular flexibility index (Phi) is 4.57. The van der Waals surface area contributed by atoms with E-state index in [2.05, 4.69) is 15.5 Å². The summed E-state index contributed by atoms with van der Waals surface area (Å²) in [6, 6.07) is 7.16. The van der Waals surface area contributed by atoms with E-state index < -0.39 is 0 Å². The zero-order chi connectivity index (χ0) is 17.3. The van der Waals surface area contributed by atoms with E-state index in [4.69, 9.17) is 0 Å². The van der Waals surface area contributed by atoms with Crippen LogP contribution in [0, 0.1) is 6.92 Å². The summed E-state index contributed by atoms with van der Waals surface area (Å²) >= 11 is 1.35. The van der Waals surface area contributed by atoms with Crippen LogP contribution in [0.15, 0.2) is 29.4 Å². The fourth-order valence-electron chi connectivity index (χ4n) is 2.68. The highest BCUT2D eigenvalue weighted by Gasteiger charge is 2.29. The molecule has 0 aliphatic carbocycles. The average Bonchev–Trinajstić information content (AvgIpc) is 2.79. The summed E-state index contributed by atoms with van der Waals surface area (Å²) in [4.78, 5) is 26.5. The SMILES string of the molecule is Cc1nnc(SCC(=O)N2c3ccccc3NC(=O)CC2C)n1C. The molecular weight excluding hydrogens is 326 g/mol. The van der Waals surface area contributed by atoms with Crippen molar-refractivity contribution in [2.45, 2.75) is 31.5 Å². The van der Waals surface area contributed by atoms with Gasteiger partial charge in [-0.05, 0) is 26.0 Å². The fraction of sp³-hybridized carbons (Fsp3) is 0.375. The summed E-state index contributed by atoms with van der Waals surface area (Å²) < 4.78 is 1.85. The number of carbonyl (C=O) groups excluding carboxylic acids is 2. The molecule has 8 heteroatoms. The lowest BCUT2D eigenvalue weighted by atomic mass is 10.2. The lowest BCUT2D eigenvalue weighted by Gasteiger charge is -2.27. The van der Waals surface area contributed by atoms with E-state index in [0.717, 1.165) is 11.5 Å². The van der Waals surface area contributed by atoms with Gasteiger partial charge in [-0.2, -0.15) is 0 Å². The Balaban J connectivity index is 1.82. The molecule has 2 aromatic rings. The Morgan fingerprint density at radius 1 is 1.38 bits per heavy atom. The van der Waals surface area contributed by atoms with Crippen molar-refractivity contribution >= 4 is 35.0 Å². The van der Waals surface area contributed by atoms with Crippen molar-refractivity contribution < 1.29 is 9.59 Å². The van der Waals surface area contributed by atoms with Crippen molar-refractivity contribution in [3.63, 3.8) is 0 Å². The number of nitrogens with zero attached hydrogens (tertiary/aromatic N) is 4. The highest BCUT2D eigenvalue weighted by molar-refractivity contribution is 7.99. The van der Waals surface area contributed by atoms with Crippen LogP contribution in [0.2, 0.25) is 0 Å². The second-order valence-corrected chi connectivity index (χ2v) is 6.70. The molecule has 126 valence electrons. The molecule has 3 rings (SSSR count). The van der Waals surface area contributed by atoms with E-state index in [0.29, 0.717) is 10.8 Å². The highest BCUT2D eigenvalue weighted by Crippen LogP contribution is 2.32. The predicted molar refractivity (Wildman–Crippen MR) is 93.1 cm³/mol. The minimum Gasteiger partial charge on any atom is -0.324 e. The number of thioether (sulfide) groups is 1. The monoisotopic (exact) mass is 345 g/mol. The van der Waals surface area contributed by atoms with E-state index in [9.17, 15) is 9.59 Å². The minimum absolute atomic E-state index is 0.0582. The van der Waals surface area contributed by atoms with E-state index in [1.807, 2.05) is 49.7 Å². The summed E-state index contributed by atoms with van der Waals surface area (Å²) in [6.45, 7) is 3.75. The zero-order valence-corrected chi connectivity index (χ0v) is 14.6. The Bertz CT molecular complexity index is 789.